The van der Waals surface area contributed by atoms with Gasteiger partial charge in [-0.15, -0.1) is 0 Å². The van der Waals surface area contributed by atoms with Gasteiger partial charge in [0.2, 0.25) is 0 Å². The second-order valence-electron chi connectivity index (χ2n) is 6.18. The number of carbonyl (C=O) groups excluding carboxylic acids is 1. The highest BCUT2D eigenvalue weighted by Gasteiger charge is 2.09. The standard InChI is InChI=1S/C18H33N3O2/c1-3-5-6-7-8-11-16(19)12-9-10-13-21-14-17(20-15-21)18(22)23-4-2/h14-16H,3-13,19H2,1-2H3. The minimum absolute atomic E-state index is 0.328. The minimum atomic E-state index is -0.351. The molecule has 0 spiro atoms. The van der Waals surface area contributed by atoms with Gasteiger partial charge in [0.15, 0.2) is 5.69 Å². The van der Waals surface area contributed by atoms with E-state index in [0.29, 0.717) is 18.3 Å². The molecule has 5 heteroatoms. The van der Waals surface area contributed by atoms with Crippen LogP contribution in [-0.2, 0) is 11.3 Å². The maximum absolute atomic E-state index is 11.5. The summed E-state index contributed by atoms with van der Waals surface area (Å²) in [6.07, 6.45) is 14.4. The van der Waals surface area contributed by atoms with Crippen LogP contribution in [0, 0.1) is 0 Å². The van der Waals surface area contributed by atoms with E-state index in [1.165, 1.54) is 32.1 Å². The Morgan fingerprint density at radius 2 is 1.87 bits per heavy atom. The fourth-order valence-electron chi connectivity index (χ4n) is 2.65. The van der Waals surface area contributed by atoms with Crippen LogP contribution in [0.25, 0.3) is 0 Å². The van der Waals surface area contributed by atoms with Crippen molar-refractivity contribution in [1.82, 2.24) is 9.55 Å². The molecule has 5 nitrogen and oxygen atoms in total. The lowest BCUT2D eigenvalue weighted by atomic mass is 10.0. The van der Waals surface area contributed by atoms with Gasteiger partial charge in [-0.25, -0.2) is 9.78 Å². The Morgan fingerprint density at radius 1 is 1.17 bits per heavy atom. The number of nitrogens with two attached hydrogens (primary N) is 1. The molecule has 0 radical (unpaired) electrons. The van der Waals surface area contributed by atoms with E-state index in [2.05, 4.69) is 11.9 Å². The summed E-state index contributed by atoms with van der Waals surface area (Å²) >= 11 is 0. The highest BCUT2D eigenvalue weighted by molar-refractivity contribution is 5.86. The van der Waals surface area contributed by atoms with Gasteiger partial charge in [0.1, 0.15) is 0 Å². The van der Waals surface area contributed by atoms with Crippen molar-refractivity contribution in [2.45, 2.75) is 84.2 Å². The number of nitrogens with zero attached hydrogens (tertiary/aromatic N) is 2. The van der Waals surface area contributed by atoms with Gasteiger partial charge >= 0.3 is 5.97 Å². The average molecular weight is 323 g/mol. The molecular weight excluding hydrogens is 290 g/mol. The number of unbranched alkanes of at least 4 members (excludes halogenated alkanes) is 5. The third-order valence-electron chi connectivity index (χ3n) is 4.04. The molecule has 1 unspecified atom stereocenters. The zero-order chi connectivity index (χ0) is 16.9. The first-order chi connectivity index (χ1) is 11.2. The van der Waals surface area contributed by atoms with Crippen LogP contribution >= 0.6 is 0 Å². The summed E-state index contributed by atoms with van der Waals surface area (Å²) in [6.45, 7) is 5.28. The first-order valence-electron chi connectivity index (χ1n) is 9.11. The van der Waals surface area contributed by atoms with E-state index in [4.69, 9.17) is 10.5 Å². The van der Waals surface area contributed by atoms with Gasteiger partial charge in [-0.3, -0.25) is 0 Å². The Kier molecular flexibility index (Phi) is 10.4. The summed E-state index contributed by atoms with van der Waals surface area (Å²) in [5, 5.41) is 0. The first kappa shape index (κ1) is 19.7. The lowest BCUT2D eigenvalue weighted by Crippen LogP contribution is -2.19. The molecule has 1 atom stereocenters. The fraction of sp³-hybridized carbons (Fsp3) is 0.778. The van der Waals surface area contributed by atoms with Gasteiger partial charge in [0.25, 0.3) is 0 Å². The van der Waals surface area contributed by atoms with E-state index in [-0.39, 0.29) is 5.97 Å². The zero-order valence-corrected chi connectivity index (χ0v) is 14.8. The van der Waals surface area contributed by atoms with Crippen LogP contribution in [0.2, 0.25) is 0 Å². The van der Waals surface area contributed by atoms with Crippen molar-refractivity contribution in [1.29, 1.82) is 0 Å². The Bertz CT molecular complexity index is 432. The number of carbonyl (C=O) groups is 1. The molecule has 132 valence electrons. The lowest BCUT2D eigenvalue weighted by Gasteiger charge is -2.11. The van der Waals surface area contributed by atoms with Crippen LogP contribution in [0.1, 0.15) is 82.1 Å². The molecule has 23 heavy (non-hydrogen) atoms. The summed E-state index contributed by atoms with van der Waals surface area (Å²) in [4.78, 5) is 15.6. The van der Waals surface area contributed by atoms with Crippen LogP contribution < -0.4 is 5.73 Å². The highest BCUT2D eigenvalue weighted by Crippen LogP contribution is 2.11. The summed E-state index contributed by atoms with van der Waals surface area (Å²) in [5.74, 6) is -0.351. The smallest absolute Gasteiger partial charge is 0.358 e. The molecule has 0 aliphatic heterocycles. The van der Waals surface area contributed by atoms with Gasteiger partial charge in [-0.2, -0.15) is 0 Å². The summed E-state index contributed by atoms with van der Waals surface area (Å²) in [7, 11) is 0. The molecule has 0 amide bonds. The van der Waals surface area contributed by atoms with Crippen LogP contribution in [0.5, 0.6) is 0 Å². The zero-order valence-electron chi connectivity index (χ0n) is 14.8. The van der Waals surface area contributed by atoms with Crippen molar-refractivity contribution >= 4 is 5.97 Å². The van der Waals surface area contributed by atoms with Gasteiger partial charge < -0.3 is 15.0 Å². The maximum Gasteiger partial charge on any atom is 0.358 e. The molecule has 1 rings (SSSR count). The maximum atomic E-state index is 11.5. The molecule has 1 aromatic rings. The normalized spacial score (nSPS) is 12.3. The Hall–Kier alpha value is -1.36. The Morgan fingerprint density at radius 3 is 2.57 bits per heavy atom. The third kappa shape index (κ3) is 8.74. The second kappa shape index (κ2) is 12.1. The van der Waals surface area contributed by atoms with Gasteiger partial charge in [0, 0.05) is 18.8 Å². The van der Waals surface area contributed by atoms with E-state index in [0.717, 1.165) is 32.2 Å². The number of esters is 1. The predicted octanol–water partition coefficient (Wildman–Crippen LogP) is 3.92. The van der Waals surface area contributed by atoms with Crippen LogP contribution in [0.4, 0.5) is 0 Å². The molecule has 0 saturated carbocycles. The van der Waals surface area contributed by atoms with Crippen molar-refractivity contribution in [3.8, 4) is 0 Å². The van der Waals surface area contributed by atoms with Gasteiger partial charge in [-0.1, -0.05) is 45.4 Å². The molecule has 0 aliphatic rings. The van der Waals surface area contributed by atoms with Gasteiger partial charge in [-0.05, 0) is 26.2 Å². The monoisotopic (exact) mass is 323 g/mol. The number of rotatable bonds is 13. The number of hydrogen-bond acceptors (Lipinski definition) is 4. The molecule has 0 saturated heterocycles. The third-order valence-corrected chi connectivity index (χ3v) is 4.04. The number of aromatic nitrogens is 2. The molecular formula is C18H33N3O2. The summed E-state index contributed by atoms with van der Waals surface area (Å²) in [6, 6.07) is 0.328. The minimum Gasteiger partial charge on any atom is -0.461 e. The molecule has 0 bridgehead atoms. The predicted molar refractivity (Wildman–Crippen MR) is 93.4 cm³/mol. The Labute approximate surface area is 140 Å². The molecule has 0 fully saturated rings. The number of imidazole rings is 1. The first-order valence-corrected chi connectivity index (χ1v) is 9.11. The number of ether oxygens (including phenoxy) is 1. The van der Waals surface area contributed by atoms with Crippen molar-refractivity contribution in [3.63, 3.8) is 0 Å². The quantitative estimate of drug-likeness (QED) is 0.441. The van der Waals surface area contributed by atoms with Crippen molar-refractivity contribution in [3.05, 3.63) is 18.2 Å². The van der Waals surface area contributed by atoms with Crippen LogP contribution in [0.15, 0.2) is 12.5 Å². The van der Waals surface area contributed by atoms with E-state index >= 15 is 0 Å². The van der Waals surface area contributed by atoms with Crippen molar-refractivity contribution < 1.29 is 9.53 Å². The largest absolute Gasteiger partial charge is 0.461 e. The highest BCUT2D eigenvalue weighted by atomic mass is 16.5. The van der Waals surface area contributed by atoms with E-state index in [9.17, 15) is 4.79 Å². The van der Waals surface area contributed by atoms with Gasteiger partial charge in [0.05, 0.1) is 12.9 Å². The van der Waals surface area contributed by atoms with Crippen molar-refractivity contribution in [2.24, 2.45) is 5.73 Å². The molecule has 0 aliphatic carbocycles. The van der Waals surface area contributed by atoms with Crippen molar-refractivity contribution in [2.75, 3.05) is 6.61 Å². The number of aryl methyl sites for hydroxylation is 1. The SMILES string of the molecule is CCCCCCCC(N)CCCCn1cnc(C(=O)OCC)c1. The Balaban J connectivity index is 2.09. The fourth-order valence-corrected chi connectivity index (χ4v) is 2.65. The topological polar surface area (TPSA) is 70.1 Å². The van der Waals surface area contributed by atoms with Crippen LogP contribution in [-0.4, -0.2) is 28.2 Å². The number of hydrogen-bond donors (Lipinski definition) is 1. The lowest BCUT2D eigenvalue weighted by molar-refractivity contribution is 0.0520. The second-order valence-corrected chi connectivity index (χ2v) is 6.18. The van der Waals surface area contributed by atoms with E-state index in [1.807, 2.05) is 4.57 Å². The molecule has 1 aromatic heterocycles. The van der Waals surface area contributed by atoms with Crippen LogP contribution in [0.3, 0.4) is 0 Å². The van der Waals surface area contributed by atoms with E-state index in [1.54, 1.807) is 19.4 Å². The summed E-state index contributed by atoms with van der Waals surface area (Å²) < 4.78 is 6.88. The molecule has 1 heterocycles. The van der Waals surface area contributed by atoms with E-state index < -0.39 is 0 Å². The average Bonchev–Trinajstić information content (AvgIpc) is 3.00. The molecule has 2 N–H and O–H groups in total. The summed E-state index contributed by atoms with van der Waals surface area (Å²) in [5.41, 5.74) is 6.55. The molecule has 0 aromatic carbocycles.